The van der Waals surface area contributed by atoms with Gasteiger partial charge in [-0.2, -0.15) is 0 Å². The van der Waals surface area contributed by atoms with Gasteiger partial charge >= 0.3 is 0 Å². The average molecular weight is 264 g/mol. The number of nitrogen functional groups attached to an aromatic ring is 1. The Kier molecular flexibility index (Phi) is 4.14. The highest BCUT2D eigenvalue weighted by atomic mass is 16.3. The van der Waals surface area contributed by atoms with Gasteiger partial charge in [0, 0.05) is 13.1 Å². The Hall–Kier alpha value is -1.50. The van der Waals surface area contributed by atoms with Crippen LogP contribution in [0.2, 0.25) is 0 Å². The minimum Gasteiger partial charge on any atom is -0.389 e. The number of likely N-dealkylation sites (tertiary alicyclic amines) is 1. The smallest absolute Gasteiger partial charge is 0.283 e. The van der Waals surface area contributed by atoms with Crippen LogP contribution in [0.25, 0.3) is 0 Å². The van der Waals surface area contributed by atoms with Crippen molar-refractivity contribution < 1.29 is 9.90 Å². The van der Waals surface area contributed by atoms with Crippen LogP contribution in [-0.2, 0) is 6.54 Å². The molecule has 0 spiro atoms. The van der Waals surface area contributed by atoms with Gasteiger partial charge in [0.25, 0.3) is 5.91 Å². The molecule has 0 aromatic carbocycles. The van der Waals surface area contributed by atoms with Gasteiger partial charge in [0.1, 0.15) is 5.69 Å². The summed E-state index contributed by atoms with van der Waals surface area (Å²) in [6.45, 7) is 4.04. The molecule has 2 rings (SSSR count). The maximum absolute atomic E-state index is 11.4. The molecule has 4 N–H and O–H groups in total. The number of rotatable bonds is 3. The highest BCUT2D eigenvalue weighted by Gasteiger charge is 2.28. The maximum Gasteiger partial charge on any atom is 0.283 e. The number of hydrogen-bond donors (Lipinski definition) is 3. The van der Waals surface area contributed by atoms with Crippen molar-refractivity contribution in [2.45, 2.75) is 31.9 Å². The molecule has 1 aliphatic rings. The Balaban J connectivity index is 2.05. The fourth-order valence-electron chi connectivity index (χ4n) is 2.46. The molecule has 1 aromatic heterocycles. The minimum absolute atomic E-state index is 0.309. The van der Waals surface area contributed by atoms with Gasteiger partial charge in [-0.1, -0.05) is 6.07 Å². The van der Waals surface area contributed by atoms with Crippen LogP contribution in [0.3, 0.4) is 0 Å². The second kappa shape index (κ2) is 5.64. The van der Waals surface area contributed by atoms with E-state index >= 15 is 0 Å². The lowest BCUT2D eigenvalue weighted by Gasteiger charge is -2.36. The molecule has 104 valence electrons. The lowest BCUT2D eigenvalue weighted by Crippen LogP contribution is -2.45. The van der Waals surface area contributed by atoms with Crippen LogP contribution >= 0.6 is 0 Å². The Morgan fingerprint density at radius 1 is 1.63 bits per heavy atom. The number of piperidine rings is 1. The van der Waals surface area contributed by atoms with Crippen molar-refractivity contribution in [2.75, 3.05) is 13.1 Å². The van der Waals surface area contributed by atoms with Gasteiger partial charge in [-0.05, 0) is 38.4 Å². The molecule has 6 nitrogen and oxygen atoms in total. The Bertz CT molecular complexity index is 462. The van der Waals surface area contributed by atoms with E-state index in [1.165, 1.54) is 0 Å². The zero-order valence-corrected chi connectivity index (χ0v) is 11.1. The molecule has 19 heavy (non-hydrogen) atoms. The highest BCUT2D eigenvalue weighted by molar-refractivity contribution is 5.91. The van der Waals surface area contributed by atoms with Crippen molar-refractivity contribution in [1.29, 1.82) is 0 Å². The summed E-state index contributed by atoms with van der Waals surface area (Å²) in [5.41, 5.74) is 2.55. The number of hydrazine groups is 1. The van der Waals surface area contributed by atoms with Gasteiger partial charge in [-0.25, -0.2) is 10.8 Å². The quantitative estimate of drug-likeness (QED) is 0.407. The molecule has 1 amide bonds. The van der Waals surface area contributed by atoms with E-state index in [0.29, 0.717) is 18.8 Å². The first-order valence-corrected chi connectivity index (χ1v) is 6.42. The largest absolute Gasteiger partial charge is 0.389 e. The van der Waals surface area contributed by atoms with Crippen LogP contribution < -0.4 is 11.3 Å². The van der Waals surface area contributed by atoms with Crippen LogP contribution in [0.1, 0.15) is 35.9 Å². The molecule has 6 heteroatoms. The van der Waals surface area contributed by atoms with Crippen LogP contribution in [0.4, 0.5) is 0 Å². The summed E-state index contributed by atoms with van der Waals surface area (Å²) in [5.74, 6) is 4.70. The molecular weight excluding hydrogens is 244 g/mol. The predicted molar refractivity (Wildman–Crippen MR) is 71.0 cm³/mol. The summed E-state index contributed by atoms with van der Waals surface area (Å²) in [5, 5.41) is 10.1. The van der Waals surface area contributed by atoms with E-state index in [1.54, 1.807) is 12.1 Å². The molecular formula is C13H20N4O2. The lowest BCUT2D eigenvalue weighted by molar-refractivity contribution is -0.0185. The lowest BCUT2D eigenvalue weighted by atomic mass is 9.95. The Morgan fingerprint density at radius 3 is 3.11 bits per heavy atom. The van der Waals surface area contributed by atoms with Crippen molar-refractivity contribution in [2.24, 2.45) is 5.84 Å². The van der Waals surface area contributed by atoms with E-state index in [9.17, 15) is 9.90 Å². The molecule has 1 aliphatic heterocycles. The molecule has 0 saturated carbocycles. The summed E-state index contributed by atoms with van der Waals surface area (Å²) < 4.78 is 0. The molecule has 1 fully saturated rings. The molecule has 1 unspecified atom stereocenters. The van der Waals surface area contributed by atoms with Gasteiger partial charge in [-0.15, -0.1) is 0 Å². The maximum atomic E-state index is 11.4. The number of aliphatic hydroxyl groups is 1. The number of nitrogens with two attached hydrogens (primary N) is 1. The highest BCUT2D eigenvalue weighted by Crippen LogP contribution is 2.21. The second-order valence-corrected chi connectivity index (χ2v) is 5.30. The number of β-amino-alcohol motifs (C(OH)–C–C–N with tert-alkyl or cyclic N) is 1. The van der Waals surface area contributed by atoms with Crippen molar-refractivity contribution in [3.8, 4) is 0 Å². The SMILES string of the molecule is CC1(O)CCCN(Cc2cccc(C(=O)NN)n2)C1. The van der Waals surface area contributed by atoms with E-state index in [-0.39, 0.29) is 0 Å². The molecule has 0 radical (unpaired) electrons. The van der Waals surface area contributed by atoms with Crippen molar-refractivity contribution >= 4 is 5.91 Å². The van der Waals surface area contributed by atoms with Crippen LogP contribution in [0, 0.1) is 0 Å². The monoisotopic (exact) mass is 264 g/mol. The van der Waals surface area contributed by atoms with Crippen molar-refractivity contribution in [3.63, 3.8) is 0 Å². The summed E-state index contributed by atoms with van der Waals surface area (Å²) in [6, 6.07) is 5.28. The third-order valence-electron chi connectivity index (χ3n) is 3.31. The van der Waals surface area contributed by atoms with Crippen molar-refractivity contribution in [3.05, 3.63) is 29.6 Å². The van der Waals surface area contributed by atoms with Crippen LogP contribution in [0.15, 0.2) is 18.2 Å². The van der Waals surface area contributed by atoms with Gasteiger partial charge in [0.15, 0.2) is 0 Å². The minimum atomic E-state index is -0.634. The zero-order valence-electron chi connectivity index (χ0n) is 11.1. The number of nitrogens with zero attached hydrogens (tertiary/aromatic N) is 2. The van der Waals surface area contributed by atoms with E-state index in [0.717, 1.165) is 25.1 Å². The molecule has 1 saturated heterocycles. The van der Waals surface area contributed by atoms with Crippen LogP contribution in [0.5, 0.6) is 0 Å². The summed E-state index contributed by atoms with van der Waals surface area (Å²) in [4.78, 5) is 17.8. The Morgan fingerprint density at radius 2 is 2.42 bits per heavy atom. The topological polar surface area (TPSA) is 91.5 Å². The molecule has 1 aromatic rings. The number of carbonyl (C=O) groups excluding carboxylic acids is 1. The van der Waals surface area contributed by atoms with E-state index in [2.05, 4.69) is 15.3 Å². The first-order valence-electron chi connectivity index (χ1n) is 6.42. The molecule has 0 bridgehead atoms. The number of nitrogens with one attached hydrogen (secondary N) is 1. The zero-order chi connectivity index (χ0) is 13.9. The van der Waals surface area contributed by atoms with E-state index in [1.807, 2.05) is 13.0 Å². The van der Waals surface area contributed by atoms with Crippen LogP contribution in [-0.4, -0.2) is 39.6 Å². The summed E-state index contributed by atoms with van der Waals surface area (Å²) >= 11 is 0. The number of aromatic nitrogens is 1. The third-order valence-corrected chi connectivity index (χ3v) is 3.31. The normalized spacial score (nSPS) is 24.2. The van der Waals surface area contributed by atoms with Gasteiger partial charge in [0.05, 0.1) is 11.3 Å². The number of amides is 1. The summed E-state index contributed by atoms with van der Waals surface area (Å²) in [6.07, 6.45) is 1.79. The fourth-order valence-corrected chi connectivity index (χ4v) is 2.46. The molecule has 0 aliphatic carbocycles. The van der Waals surface area contributed by atoms with Gasteiger partial charge in [0.2, 0.25) is 0 Å². The first-order chi connectivity index (χ1) is 9.00. The predicted octanol–water partition coefficient (Wildman–Crippen LogP) is 0.0319. The van der Waals surface area contributed by atoms with Crippen molar-refractivity contribution in [1.82, 2.24) is 15.3 Å². The van der Waals surface area contributed by atoms with E-state index in [4.69, 9.17) is 5.84 Å². The number of carbonyl (C=O) groups is 1. The first kappa shape index (κ1) is 13.9. The number of pyridine rings is 1. The van der Waals surface area contributed by atoms with Gasteiger partial charge < -0.3 is 5.11 Å². The molecule has 1 atom stereocenters. The third kappa shape index (κ3) is 3.73. The average Bonchev–Trinajstić information content (AvgIpc) is 2.37. The second-order valence-electron chi connectivity index (χ2n) is 5.30. The fraction of sp³-hybridized carbons (Fsp3) is 0.538. The van der Waals surface area contributed by atoms with Gasteiger partial charge in [-0.3, -0.25) is 15.1 Å². The Labute approximate surface area is 112 Å². The summed E-state index contributed by atoms with van der Waals surface area (Å²) in [7, 11) is 0. The standard InChI is InChI=1S/C13H20N4O2/c1-13(19)6-3-7-17(9-13)8-10-4-2-5-11(15-10)12(18)16-14/h2,4-5,19H,3,6-9,14H2,1H3,(H,16,18). The number of hydrogen-bond acceptors (Lipinski definition) is 5. The van der Waals surface area contributed by atoms with E-state index < -0.39 is 11.5 Å². The molecule has 2 heterocycles.